The molecule has 0 aliphatic heterocycles. The molecular formula is C10H14F2O3Si. The molecule has 0 atom stereocenters. The van der Waals surface area contributed by atoms with Gasteiger partial charge < -0.3 is 13.3 Å². The fourth-order valence-corrected chi connectivity index (χ4v) is 3.49. The highest BCUT2D eigenvalue weighted by Gasteiger charge is 2.42. The van der Waals surface area contributed by atoms with E-state index in [0.717, 1.165) is 18.2 Å². The number of hydrogen-bond acceptors (Lipinski definition) is 3. The van der Waals surface area contributed by atoms with Gasteiger partial charge in [-0.15, -0.1) is 0 Å². The molecule has 0 unspecified atom stereocenters. The van der Waals surface area contributed by atoms with Crippen molar-refractivity contribution in [3.63, 3.8) is 0 Å². The van der Waals surface area contributed by atoms with Crippen LogP contribution in [-0.2, 0) is 13.3 Å². The summed E-state index contributed by atoms with van der Waals surface area (Å²) in [5.41, 5.74) is 0. The molecule has 3 nitrogen and oxygen atoms in total. The molecule has 1 aromatic rings. The second-order valence-electron chi connectivity index (χ2n) is 3.06. The minimum absolute atomic E-state index is 0.275. The first-order chi connectivity index (χ1) is 7.57. The van der Waals surface area contributed by atoms with E-state index in [1.165, 1.54) is 14.2 Å². The number of benzene rings is 1. The Balaban J connectivity index is 3.19. The molecule has 0 saturated carbocycles. The van der Waals surface area contributed by atoms with Crippen LogP contribution in [0.1, 0.15) is 6.92 Å². The third-order valence-electron chi connectivity index (χ3n) is 2.09. The normalized spacial score (nSPS) is 11.8. The fourth-order valence-electron chi connectivity index (χ4n) is 1.44. The van der Waals surface area contributed by atoms with Crippen LogP contribution in [-0.4, -0.2) is 29.6 Å². The highest BCUT2D eigenvalue weighted by atomic mass is 28.4. The Labute approximate surface area is 94.3 Å². The van der Waals surface area contributed by atoms with Crippen molar-refractivity contribution >= 4 is 14.0 Å². The Morgan fingerprint density at radius 2 is 1.56 bits per heavy atom. The second-order valence-corrected chi connectivity index (χ2v) is 5.85. The predicted molar refractivity (Wildman–Crippen MR) is 57.4 cm³/mol. The van der Waals surface area contributed by atoms with Gasteiger partial charge in [0.05, 0.1) is 0 Å². The van der Waals surface area contributed by atoms with Crippen molar-refractivity contribution in [2.45, 2.75) is 6.92 Å². The van der Waals surface area contributed by atoms with E-state index in [-0.39, 0.29) is 5.19 Å². The summed E-state index contributed by atoms with van der Waals surface area (Å²) in [7, 11) is -0.368. The van der Waals surface area contributed by atoms with Crippen LogP contribution in [0, 0.1) is 11.6 Å². The summed E-state index contributed by atoms with van der Waals surface area (Å²) in [4.78, 5) is 0. The van der Waals surface area contributed by atoms with Gasteiger partial charge in [0, 0.05) is 32.1 Å². The molecule has 0 aromatic heterocycles. The van der Waals surface area contributed by atoms with Crippen molar-refractivity contribution in [2.24, 2.45) is 0 Å². The highest BCUT2D eigenvalue weighted by molar-refractivity contribution is 6.75. The molecule has 6 heteroatoms. The lowest BCUT2D eigenvalue weighted by Gasteiger charge is -2.25. The van der Waals surface area contributed by atoms with Crippen LogP contribution in [0.5, 0.6) is 0 Å². The van der Waals surface area contributed by atoms with Crippen molar-refractivity contribution < 1.29 is 22.1 Å². The third-order valence-corrected chi connectivity index (χ3v) is 4.83. The van der Waals surface area contributed by atoms with Gasteiger partial charge in [0.2, 0.25) is 0 Å². The Hall–Kier alpha value is -0.823. The van der Waals surface area contributed by atoms with Crippen LogP contribution in [0.25, 0.3) is 0 Å². The van der Waals surface area contributed by atoms with Crippen molar-refractivity contribution in [3.8, 4) is 0 Å². The molecule has 1 rings (SSSR count). The average molecular weight is 248 g/mol. The van der Waals surface area contributed by atoms with Gasteiger partial charge in [-0.25, -0.2) is 8.78 Å². The van der Waals surface area contributed by atoms with Gasteiger partial charge in [0.25, 0.3) is 0 Å². The maximum atomic E-state index is 13.1. The van der Waals surface area contributed by atoms with Gasteiger partial charge in [-0.1, -0.05) is 0 Å². The largest absolute Gasteiger partial charge is 0.536 e. The maximum absolute atomic E-state index is 13.1. The first kappa shape index (κ1) is 13.2. The quantitative estimate of drug-likeness (QED) is 0.738. The summed E-state index contributed by atoms with van der Waals surface area (Å²) in [5.74, 6) is -1.36. The van der Waals surface area contributed by atoms with E-state index in [0.29, 0.717) is 6.61 Å². The molecule has 90 valence electrons. The molecule has 1 aromatic carbocycles. The van der Waals surface area contributed by atoms with Crippen LogP contribution in [0.4, 0.5) is 8.78 Å². The van der Waals surface area contributed by atoms with Crippen molar-refractivity contribution in [2.75, 3.05) is 20.8 Å². The summed E-state index contributed by atoms with van der Waals surface area (Å²) in [5, 5.41) is 0.275. The summed E-state index contributed by atoms with van der Waals surface area (Å²) in [6.07, 6.45) is 0. The molecule has 0 aliphatic rings. The number of rotatable bonds is 5. The molecule has 0 spiro atoms. The van der Waals surface area contributed by atoms with E-state index >= 15 is 0 Å². The first-order valence-corrected chi connectivity index (χ1v) is 6.51. The van der Waals surface area contributed by atoms with Crippen molar-refractivity contribution in [1.29, 1.82) is 0 Å². The van der Waals surface area contributed by atoms with E-state index in [4.69, 9.17) is 13.3 Å². The minimum Gasteiger partial charge on any atom is -0.373 e. The molecule has 0 aliphatic carbocycles. The lowest BCUT2D eigenvalue weighted by Crippen LogP contribution is -2.55. The van der Waals surface area contributed by atoms with Crippen molar-refractivity contribution in [3.05, 3.63) is 29.8 Å². The molecule has 0 radical (unpaired) electrons. The Kier molecular flexibility index (Phi) is 4.54. The monoisotopic (exact) mass is 248 g/mol. The SMILES string of the molecule is CCO[Si](OC)(OC)c1cc(F)cc(F)c1. The molecule has 0 bridgehead atoms. The second kappa shape index (κ2) is 5.49. The van der Waals surface area contributed by atoms with E-state index in [9.17, 15) is 8.78 Å². The van der Waals surface area contributed by atoms with Crippen LogP contribution in [0.2, 0.25) is 0 Å². The molecule has 0 fully saturated rings. The maximum Gasteiger partial charge on any atom is 0.536 e. The molecule has 0 N–H and O–H groups in total. The lowest BCUT2D eigenvalue weighted by atomic mass is 10.3. The first-order valence-electron chi connectivity index (χ1n) is 4.78. The average Bonchev–Trinajstić information content (AvgIpc) is 2.24. The lowest BCUT2D eigenvalue weighted by molar-refractivity contribution is 0.119. The summed E-state index contributed by atoms with van der Waals surface area (Å²) < 4.78 is 41.9. The summed E-state index contributed by atoms with van der Waals surface area (Å²) in [6, 6.07) is 3.12. The van der Waals surface area contributed by atoms with Gasteiger partial charge in [-0.3, -0.25) is 0 Å². The van der Waals surface area contributed by atoms with E-state index in [1.807, 2.05) is 0 Å². The van der Waals surface area contributed by atoms with E-state index < -0.39 is 20.4 Å². The zero-order valence-corrected chi connectivity index (χ0v) is 10.4. The molecule has 0 amide bonds. The van der Waals surface area contributed by atoms with Crippen LogP contribution < -0.4 is 5.19 Å². The van der Waals surface area contributed by atoms with Gasteiger partial charge in [-0.05, 0) is 19.1 Å². The Bertz CT molecular complexity index is 336. The van der Waals surface area contributed by atoms with E-state index in [1.54, 1.807) is 6.92 Å². The van der Waals surface area contributed by atoms with Gasteiger partial charge in [0.15, 0.2) is 0 Å². The Morgan fingerprint density at radius 1 is 1.06 bits per heavy atom. The smallest absolute Gasteiger partial charge is 0.373 e. The third kappa shape index (κ3) is 2.65. The fraction of sp³-hybridized carbons (Fsp3) is 0.400. The van der Waals surface area contributed by atoms with Crippen LogP contribution in [0.3, 0.4) is 0 Å². The molecule has 0 saturated heterocycles. The number of hydrogen-bond donors (Lipinski definition) is 0. The van der Waals surface area contributed by atoms with E-state index in [2.05, 4.69) is 0 Å². The zero-order chi connectivity index (χ0) is 12.2. The van der Waals surface area contributed by atoms with Gasteiger partial charge in [0.1, 0.15) is 11.6 Å². The summed E-state index contributed by atoms with van der Waals surface area (Å²) in [6.45, 7) is 2.10. The molecule has 16 heavy (non-hydrogen) atoms. The van der Waals surface area contributed by atoms with Crippen LogP contribution in [0.15, 0.2) is 18.2 Å². The van der Waals surface area contributed by atoms with Gasteiger partial charge >= 0.3 is 8.80 Å². The topological polar surface area (TPSA) is 27.7 Å². The highest BCUT2D eigenvalue weighted by Crippen LogP contribution is 2.10. The summed E-state index contributed by atoms with van der Waals surface area (Å²) >= 11 is 0. The molecule has 0 heterocycles. The predicted octanol–water partition coefficient (Wildman–Crippen LogP) is 1.44. The zero-order valence-electron chi connectivity index (χ0n) is 9.42. The standard InChI is InChI=1S/C10H14F2O3Si/c1-4-15-16(13-2,14-3)10-6-8(11)5-9(12)7-10/h5-7H,4H2,1-3H3. The number of halogens is 2. The van der Waals surface area contributed by atoms with Crippen molar-refractivity contribution in [1.82, 2.24) is 0 Å². The van der Waals surface area contributed by atoms with Crippen LogP contribution >= 0.6 is 0 Å². The minimum atomic E-state index is -3.16. The van der Waals surface area contributed by atoms with Gasteiger partial charge in [-0.2, -0.15) is 0 Å². The Morgan fingerprint density at radius 3 is 1.94 bits per heavy atom. The molecular weight excluding hydrogens is 234 g/mol.